The van der Waals surface area contributed by atoms with E-state index >= 15 is 0 Å². The highest BCUT2D eigenvalue weighted by Crippen LogP contribution is 2.27. The van der Waals surface area contributed by atoms with Crippen molar-refractivity contribution in [2.24, 2.45) is 0 Å². The first kappa shape index (κ1) is 13.7. The third-order valence-corrected chi connectivity index (χ3v) is 7.77. The van der Waals surface area contributed by atoms with Gasteiger partial charge in [-0.1, -0.05) is 58.9 Å². The molecule has 0 aromatic carbocycles. The van der Waals surface area contributed by atoms with E-state index in [-0.39, 0.29) is 0 Å². The molecule has 0 aliphatic heterocycles. The average Bonchev–Trinajstić information content (AvgIpc) is 2.05. The van der Waals surface area contributed by atoms with Gasteiger partial charge in [-0.3, -0.25) is 0 Å². The van der Waals surface area contributed by atoms with E-state index in [1.807, 2.05) is 0 Å². The summed E-state index contributed by atoms with van der Waals surface area (Å²) >= 11 is 3.98. The Morgan fingerprint density at radius 1 is 0.846 bits per heavy atom. The van der Waals surface area contributed by atoms with Gasteiger partial charge in [0.2, 0.25) is 0 Å². The number of halogens is 1. The Kier molecular flexibility index (Phi) is 8.47. The molecule has 0 bridgehead atoms. The molecule has 0 saturated heterocycles. The van der Waals surface area contributed by atoms with Crippen molar-refractivity contribution in [2.45, 2.75) is 71.0 Å². The second-order valence-corrected chi connectivity index (χ2v) is 13.9. The van der Waals surface area contributed by atoms with Gasteiger partial charge in [0.25, 0.3) is 0 Å². The van der Waals surface area contributed by atoms with E-state index in [0.717, 1.165) is 0 Å². The summed E-state index contributed by atoms with van der Waals surface area (Å²) in [6.45, 7) is 6.08. The zero-order chi connectivity index (χ0) is 10.2. The van der Waals surface area contributed by atoms with Crippen LogP contribution >= 0.6 is 15.3 Å². The molecular weight excluding hydrogens is 240 g/mol. The summed E-state index contributed by atoms with van der Waals surface area (Å²) in [5, 5.41) is 0. The molecule has 0 N–H and O–H groups in total. The minimum absolute atomic E-state index is 0.965. The standard InChI is InChI=1S/C11H25BrSi/c1-4-6-8-10-13(3,12)11-9-7-5-2/h4-11H2,1-3H3. The van der Waals surface area contributed by atoms with Crippen LogP contribution in [0.1, 0.15) is 52.4 Å². The predicted octanol–water partition coefficient (Wildman–Crippen LogP) is 5.34. The number of hydrogen-bond acceptors (Lipinski definition) is 0. The lowest BCUT2D eigenvalue weighted by atomic mass is 10.3. The molecule has 0 atom stereocenters. The van der Waals surface area contributed by atoms with Crippen LogP contribution in [0.4, 0.5) is 0 Å². The molecule has 80 valence electrons. The van der Waals surface area contributed by atoms with Crippen molar-refractivity contribution in [3.05, 3.63) is 0 Å². The van der Waals surface area contributed by atoms with E-state index in [0.29, 0.717) is 0 Å². The third-order valence-electron chi connectivity index (χ3n) is 2.60. The van der Waals surface area contributed by atoms with Crippen molar-refractivity contribution < 1.29 is 0 Å². The predicted molar refractivity (Wildman–Crippen MR) is 69.2 cm³/mol. The van der Waals surface area contributed by atoms with Gasteiger partial charge in [-0.2, -0.15) is 0 Å². The van der Waals surface area contributed by atoms with Crippen LogP contribution in [-0.2, 0) is 0 Å². The second-order valence-electron chi connectivity index (χ2n) is 4.33. The van der Waals surface area contributed by atoms with Crippen LogP contribution in [0.15, 0.2) is 0 Å². The van der Waals surface area contributed by atoms with E-state index < -0.39 is 6.69 Å². The summed E-state index contributed by atoms with van der Waals surface area (Å²) in [7, 11) is 0. The lowest BCUT2D eigenvalue weighted by Gasteiger charge is -2.19. The summed E-state index contributed by atoms with van der Waals surface area (Å²) in [6.07, 6.45) is 8.43. The zero-order valence-corrected chi connectivity index (χ0v) is 12.1. The molecule has 0 fully saturated rings. The molecule has 13 heavy (non-hydrogen) atoms. The van der Waals surface area contributed by atoms with Gasteiger partial charge in [0.05, 0.1) is 0 Å². The number of unbranched alkanes of at least 4 members (excludes halogenated alkanes) is 4. The highest BCUT2D eigenvalue weighted by molar-refractivity contribution is 9.26. The Balaban J connectivity index is 3.42. The highest BCUT2D eigenvalue weighted by Gasteiger charge is 2.21. The maximum Gasteiger partial charge on any atom is 0.127 e. The molecule has 0 radical (unpaired) electrons. The molecule has 0 nitrogen and oxygen atoms in total. The summed E-state index contributed by atoms with van der Waals surface area (Å²) in [4.78, 5) is 0. The molecule has 0 saturated carbocycles. The SMILES string of the molecule is CCCCC[Si](C)(Br)CCCCC. The minimum atomic E-state index is -0.965. The number of rotatable bonds is 8. The van der Waals surface area contributed by atoms with E-state index in [2.05, 4.69) is 35.7 Å². The Morgan fingerprint density at radius 2 is 1.23 bits per heavy atom. The third kappa shape index (κ3) is 9.01. The van der Waals surface area contributed by atoms with E-state index in [1.165, 1.54) is 50.6 Å². The molecule has 0 aliphatic carbocycles. The lowest BCUT2D eigenvalue weighted by Crippen LogP contribution is -2.20. The fraction of sp³-hybridized carbons (Fsp3) is 1.00. The molecule has 0 unspecified atom stereocenters. The second kappa shape index (κ2) is 8.04. The van der Waals surface area contributed by atoms with Gasteiger partial charge in [0.15, 0.2) is 0 Å². The molecule has 2 heteroatoms. The van der Waals surface area contributed by atoms with Crippen molar-refractivity contribution in [1.82, 2.24) is 0 Å². The largest absolute Gasteiger partial charge is 0.127 e. The van der Waals surface area contributed by atoms with Crippen molar-refractivity contribution in [2.75, 3.05) is 0 Å². The molecule has 0 aliphatic rings. The van der Waals surface area contributed by atoms with E-state index in [4.69, 9.17) is 0 Å². The van der Waals surface area contributed by atoms with Crippen molar-refractivity contribution in [1.29, 1.82) is 0 Å². The fourth-order valence-electron chi connectivity index (χ4n) is 1.61. The number of hydrogen-bond donors (Lipinski definition) is 0. The lowest BCUT2D eigenvalue weighted by molar-refractivity contribution is 0.745. The first-order valence-corrected chi connectivity index (χ1v) is 11.0. The Bertz CT molecular complexity index is 101. The van der Waals surface area contributed by atoms with Crippen LogP contribution in [0, 0.1) is 0 Å². The van der Waals surface area contributed by atoms with Gasteiger partial charge in [-0.15, -0.1) is 15.3 Å². The van der Waals surface area contributed by atoms with Gasteiger partial charge >= 0.3 is 0 Å². The average molecular weight is 265 g/mol. The smallest absolute Gasteiger partial charge is 0.126 e. The van der Waals surface area contributed by atoms with Crippen LogP contribution in [0.5, 0.6) is 0 Å². The van der Waals surface area contributed by atoms with Crippen molar-refractivity contribution >= 4 is 22.0 Å². The van der Waals surface area contributed by atoms with E-state index in [9.17, 15) is 0 Å². The van der Waals surface area contributed by atoms with Gasteiger partial charge in [-0.05, 0) is 12.1 Å². The van der Waals surface area contributed by atoms with Gasteiger partial charge in [-0.25, -0.2) is 0 Å². The quantitative estimate of drug-likeness (QED) is 0.316. The van der Waals surface area contributed by atoms with Crippen LogP contribution in [0.25, 0.3) is 0 Å². The first-order valence-electron chi connectivity index (χ1n) is 5.81. The van der Waals surface area contributed by atoms with Crippen LogP contribution in [0.3, 0.4) is 0 Å². The zero-order valence-electron chi connectivity index (χ0n) is 9.53. The molecule has 0 spiro atoms. The normalized spacial score (nSPS) is 12.0. The monoisotopic (exact) mass is 264 g/mol. The van der Waals surface area contributed by atoms with Gasteiger partial charge in [0, 0.05) is 0 Å². The Hall–Kier alpha value is 0.697. The fourth-order valence-corrected chi connectivity index (χ4v) is 5.52. The van der Waals surface area contributed by atoms with E-state index in [1.54, 1.807) is 0 Å². The van der Waals surface area contributed by atoms with Gasteiger partial charge in [0.1, 0.15) is 6.69 Å². The molecule has 0 amide bonds. The minimum Gasteiger partial charge on any atom is -0.126 e. The van der Waals surface area contributed by atoms with Gasteiger partial charge < -0.3 is 0 Å². The summed E-state index contributed by atoms with van der Waals surface area (Å²) in [6, 6.07) is 2.95. The molecule has 0 aromatic heterocycles. The summed E-state index contributed by atoms with van der Waals surface area (Å²) in [5.41, 5.74) is 0. The topological polar surface area (TPSA) is 0 Å². The maximum absolute atomic E-state index is 3.98. The molecular formula is C11H25BrSi. The molecule has 0 heterocycles. The summed E-state index contributed by atoms with van der Waals surface area (Å²) in [5.74, 6) is 0. The van der Waals surface area contributed by atoms with Crippen molar-refractivity contribution in [3.8, 4) is 0 Å². The van der Waals surface area contributed by atoms with Crippen LogP contribution in [0.2, 0.25) is 18.6 Å². The first-order chi connectivity index (χ1) is 6.12. The Labute approximate surface area is 93.1 Å². The van der Waals surface area contributed by atoms with Crippen LogP contribution < -0.4 is 0 Å². The van der Waals surface area contributed by atoms with Crippen LogP contribution in [-0.4, -0.2) is 6.69 Å². The Morgan fingerprint density at radius 3 is 1.54 bits per heavy atom. The van der Waals surface area contributed by atoms with Crippen molar-refractivity contribution in [3.63, 3.8) is 0 Å². The molecule has 0 rings (SSSR count). The maximum atomic E-state index is 3.98. The summed E-state index contributed by atoms with van der Waals surface area (Å²) < 4.78 is 0. The highest BCUT2D eigenvalue weighted by atomic mass is 79.9. The molecule has 0 aromatic rings.